The Hall–Kier alpha value is -2.04. The zero-order valence-electron chi connectivity index (χ0n) is 10.5. The molecule has 96 valence electrons. The minimum atomic E-state index is -0.0127. The van der Waals surface area contributed by atoms with Crippen molar-refractivity contribution in [2.24, 2.45) is 0 Å². The molecule has 0 aliphatic heterocycles. The molecule has 2 aromatic heterocycles. The molecule has 0 bridgehead atoms. The number of H-pyrrole nitrogens is 1. The maximum absolute atomic E-state index is 11.9. The normalized spacial score (nSPS) is 10.5. The average molecular weight is 246 g/mol. The standard InChI is InChI=1S/C13H18N4O/c1-2-17-10-4-5-11(17)13(18)16-7-3-6-12-14-8-9-15-12/h4-5,8-10H,2-3,6-7H2,1H3,(H,14,15)(H,16,18). The van der Waals surface area contributed by atoms with E-state index in [9.17, 15) is 4.79 Å². The fourth-order valence-electron chi connectivity index (χ4n) is 1.88. The van der Waals surface area contributed by atoms with Crippen LogP contribution in [0.3, 0.4) is 0 Å². The minimum absolute atomic E-state index is 0.0127. The molecule has 0 radical (unpaired) electrons. The zero-order valence-corrected chi connectivity index (χ0v) is 10.5. The first-order valence-electron chi connectivity index (χ1n) is 6.23. The van der Waals surface area contributed by atoms with Gasteiger partial charge in [-0.15, -0.1) is 0 Å². The number of hydrogen-bond acceptors (Lipinski definition) is 2. The average Bonchev–Trinajstić information content (AvgIpc) is 3.04. The number of hydrogen-bond donors (Lipinski definition) is 2. The summed E-state index contributed by atoms with van der Waals surface area (Å²) in [5.41, 5.74) is 0.718. The molecule has 0 atom stereocenters. The highest BCUT2D eigenvalue weighted by atomic mass is 16.1. The van der Waals surface area contributed by atoms with Crippen molar-refractivity contribution in [3.63, 3.8) is 0 Å². The Labute approximate surface area is 106 Å². The Morgan fingerprint density at radius 3 is 3.17 bits per heavy atom. The number of nitrogens with zero attached hydrogens (tertiary/aromatic N) is 2. The lowest BCUT2D eigenvalue weighted by Gasteiger charge is -2.07. The third kappa shape index (κ3) is 3.00. The third-order valence-electron chi connectivity index (χ3n) is 2.83. The van der Waals surface area contributed by atoms with Gasteiger partial charge in [0.15, 0.2) is 0 Å². The minimum Gasteiger partial charge on any atom is -0.351 e. The van der Waals surface area contributed by atoms with Crippen molar-refractivity contribution >= 4 is 5.91 Å². The van der Waals surface area contributed by atoms with E-state index in [1.54, 1.807) is 6.20 Å². The molecule has 0 saturated carbocycles. The van der Waals surface area contributed by atoms with Gasteiger partial charge in [-0.1, -0.05) is 0 Å². The van der Waals surface area contributed by atoms with Gasteiger partial charge in [0, 0.05) is 38.1 Å². The van der Waals surface area contributed by atoms with Crippen LogP contribution in [0.2, 0.25) is 0 Å². The fraction of sp³-hybridized carbons (Fsp3) is 0.385. The maximum atomic E-state index is 11.9. The monoisotopic (exact) mass is 246 g/mol. The van der Waals surface area contributed by atoms with Crippen LogP contribution in [0.1, 0.15) is 29.7 Å². The Kier molecular flexibility index (Phi) is 4.17. The number of nitrogens with one attached hydrogen (secondary N) is 2. The number of amides is 1. The second kappa shape index (κ2) is 6.05. The summed E-state index contributed by atoms with van der Waals surface area (Å²) < 4.78 is 1.93. The molecule has 5 nitrogen and oxygen atoms in total. The SMILES string of the molecule is CCn1cccc1C(=O)NCCCc1ncc[nH]1. The first-order valence-corrected chi connectivity index (χ1v) is 6.23. The van der Waals surface area contributed by atoms with Crippen LogP contribution in [0.5, 0.6) is 0 Å². The molecule has 1 amide bonds. The molecule has 2 N–H and O–H groups in total. The van der Waals surface area contributed by atoms with E-state index in [0.717, 1.165) is 30.9 Å². The highest BCUT2D eigenvalue weighted by Crippen LogP contribution is 2.02. The first-order chi connectivity index (χ1) is 8.81. The molecule has 0 aliphatic rings. The molecule has 0 aromatic carbocycles. The summed E-state index contributed by atoms with van der Waals surface area (Å²) in [5, 5.41) is 2.92. The number of aromatic amines is 1. The number of imidazole rings is 1. The summed E-state index contributed by atoms with van der Waals surface area (Å²) in [4.78, 5) is 19.1. The van der Waals surface area contributed by atoms with Crippen LogP contribution in [-0.4, -0.2) is 27.0 Å². The summed E-state index contributed by atoms with van der Waals surface area (Å²) >= 11 is 0. The Morgan fingerprint density at radius 2 is 2.44 bits per heavy atom. The van der Waals surface area contributed by atoms with Crippen molar-refractivity contribution in [2.45, 2.75) is 26.3 Å². The number of aryl methyl sites for hydroxylation is 2. The molecule has 0 spiro atoms. The fourth-order valence-corrected chi connectivity index (χ4v) is 1.88. The van der Waals surface area contributed by atoms with Gasteiger partial charge in [-0.2, -0.15) is 0 Å². The van der Waals surface area contributed by atoms with Crippen molar-refractivity contribution in [1.82, 2.24) is 19.9 Å². The summed E-state index contributed by atoms with van der Waals surface area (Å²) in [5.74, 6) is 0.947. The first kappa shape index (κ1) is 12.4. The van der Waals surface area contributed by atoms with Gasteiger partial charge >= 0.3 is 0 Å². The quantitative estimate of drug-likeness (QED) is 0.760. The number of carbonyl (C=O) groups is 1. The lowest BCUT2D eigenvalue weighted by atomic mass is 10.3. The summed E-state index contributed by atoms with van der Waals surface area (Å²) in [6, 6.07) is 3.73. The second-order valence-electron chi connectivity index (χ2n) is 4.07. The van der Waals surface area contributed by atoms with Crippen molar-refractivity contribution in [3.8, 4) is 0 Å². The molecule has 0 fully saturated rings. The van der Waals surface area contributed by atoms with Crippen molar-refractivity contribution in [1.29, 1.82) is 0 Å². The van der Waals surface area contributed by atoms with Crippen molar-refractivity contribution in [3.05, 3.63) is 42.2 Å². The third-order valence-corrected chi connectivity index (χ3v) is 2.83. The highest BCUT2D eigenvalue weighted by molar-refractivity contribution is 5.92. The maximum Gasteiger partial charge on any atom is 0.267 e. The van der Waals surface area contributed by atoms with Gasteiger partial charge in [-0.3, -0.25) is 4.79 Å². The van der Waals surface area contributed by atoms with Gasteiger partial charge < -0.3 is 14.9 Å². The summed E-state index contributed by atoms with van der Waals surface area (Å²) in [6.45, 7) is 3.49. The predicted molar refractivity (Wildman–Crippen MR) is 69.3 cm³/mol. The van der Waals surface area contributed by atoms with Crippen molar-refractivity contribution < 1.29 is 4.79 Å². The molecule has 18 heavy (non-hydrogen) atoms. The predicted octanol–water partition coefficient (Wildman–Crippen LogP) is 1.59. The molecule has 0 saturated heterocycles. The van der Waals surface area contributed by atoms with Crippen LogP contribution >= 0.6 is 0 Å². The Bertz CT molecular complexity index is 487. The van der Waals surface area contributed by atoms with E-state index < -0.39 is 0 Å². The number of carbonyl (C=O) groups excluding carboxylic acids is 1. The number of aromatic nitrogens is 3. The van der Waals surface area contributed by atoms with Crippen LogP contribution in [0.15, 0.2) is 30.7 Å². The Balaban J connectivity index is 1.75. The largest absolute Gasteiger partial charge is 0.351 e. The van der Waals surface area contributed by atoms with Crippen LogP contribution in [-0.2, 0) is 13.0 Å². The van der Waals surface area contributed by atoms with Gasteiger partial charge in [0.1, 0.15) is 11.5 Å². The van der Waals surface area contributed by atoms with Crippen LogP contribution in [0.25, 0.3) is 0 Å². The molecule has 2 aromatic rings. The lowest BCUT2D eigenvalue weighted by Crippen LogP contribution is -2.27. The molecule has 2 rings (SSSR count). The molecular weight excluding hydrogens is 228 g/mol. The van der Waals surface area contributed by atoms with Gasteiger partial charge in [-0.25, -0.2) is 4.98 Å². The van der Waals surface area contributed by atoms with E-state index in [2.05, 4.69) is 15.3 Å². The molecule has 5 heteroatoms. The van der Waals surface area contributed by atoms with Gasteiger partial charge in [0.05, 0.1) is 0 Å². The smallest absolute Gasteiger partial charge is 0.267 e. The number of rotatable bonds is 6. The van der Waals surface area contributed by atoms with Gasteiger partial charge in [0.25, 0.3) is 5.91 Å². The zero-order chi connectivity index (χ0) is 12.8. The van der Waals surface area contributed by atoms with E-state index >= 15 is 0 Å². The second-order valence-corrected chi connectivity index (χ2v) is 4.07. The topological polar surface area (TPSA) is 62.7 Å². The molecule has 2 heterocycles. The summed E-state index contributed by atoms with van der Waals surface area (Å²) in [6.07, 6.45) is 7.19. The van der Waals surface area contributed by atoms with Crippen LogP contribution in [0.4, 0.5) is 0 Å². The van der Waals surface area contributed by atoms with Gasteiger partial charge in [-0.05, 0) is 25.5 Å². The van der Waals surface area contributed by atoms with E-state index in [1.165, 1.54) is 0 Å². The van der Waals surface area contributed by atoms with E-state index in [4.69, 9.17) is 0 Å². The van der Waals surface area contributed by atoms with E-state index in [0.29, 0.717) is 6.54 Å². The Morgan fingerprint density at radius 1 is 1.56 bits per heavy atom. The van der Waals surface area contributed by atoms with E-state index in [-0.39, 0.29) is 5.91 Å². The highest BCUT2D eigenvalue weighted by Gasteiger charge is 2.08. The molecule has 0 aliphatic carbocycles. The lowest BCUT2D eigenvalue weighted by molar-refractivity contribution is 0.0944. The molecular formula is C13H18N4O. The van der Waals surface area contributed by atoms with Gasteiger partial charge in [0.2, 0.25) is 0 Å². The van der Waals surface area contributed by atoms with Crippen molar-refractivity contribution in [2.75, 3.05) is 6.54 Å². The van der Waals surface area contributed by atoms with Crippen LogP contribution < -0.4 is 5.32 Å². The molecule has 0 unspecified atom stereocenters. The summed E-state index contributed by atoms with van der Waals surface area (Å²) in [7, 11) is 0. The van der Waals surface area contributed by atoms with Crippen LogP contribution in [0, 0.1) is 0 Å². The van der Waals surface area contributed by atoms with E-state index in [1.807, 2.05) is 36.0 Å².